The first-order valence-electron chi connectivity index (χ1n) is 8.39. The number of sulfone groups is 1. The Bertz CT molecular complexity index is 652. The van der Waals surface area contributed by atoms with Crippen LogP contribution in [-0.4, -0.2) is 63.6 Å². The van der Waals surface area contributed by atoms with Crippen LogP contribution in [0, 0.1) is 5.92 Å². The average Bonchev–Trinajstić information content (AvgIpc) is 3.09. The molecule has 0 spiro atoms. The lowest BCUT2D eigenvalue weighted by atomic mass is 10.1. The number of rotatable bonds is 5. The lowest BCUT2D eigenvalue weighted by Crippen LogP contribution is -2.39. The number of hydrogen-bond donors (Lipinski definition) is 1. The number of ether oxygens (including phenoxy) is 1. The lowest BCUT2D eigenvalue weighted by molar-refractivity contribution is 0.0945. The molecular weight excluding hydrogens is 328 g/mol. The van der Waals surface area contributed by atoms with Gasteiger partial charge in [0.25, 0.3) is 5.91 Å². The van der Waals surface area contributed by atoms with Gasteiger partial charge in [0.05, 0.1) is 18.1 Å². The van der Waals surface area contributed by atoms with Crippen molar-refractivity contribution in [3.8, 4) is 0 Å². The summed E-state index contributed by atoms with van der Waals surface area (Å²) in [6.07, 6.45) is 1.00. The van der Waals surface area contributed by atoms with Gasteiger partial charge >= 0.3 is 0 Å². The Hall–Kier alpha value is -1.44. The number of nitrogens with zero attached hydrogens (tertiary/aromatic N) is 1. The van der Waals surface area contributed by atoms with Crippen LogP contribution in [0.5, 0.6) is 0 Å². The van der Waals surface area contributed by atoms with Gasteiger partial charge in [-0.1, -0.05) is 12.1 Å². The van der Waals surface area contributed by atoms with E-state index in [-0.39, 0.29) is 17.4 Å². The third kappa shape index (κ3) is 4.78. The van der Waals surface area contributed by atoms with Crippen molar-refractivity contribution < 1.29 is 17.9 Å². The first kappa shape index (κ1) is 17.4. The second-order valence-electron chi connectivity index (χ2n) is 6.56. The predicted molar refractivity (Wildman–Crippen MR) is 91.6 cm³/mol. The smallest absolute Gasteiger partial charge is 0.251 e. The van der Waals surface area contributed by atoms with Crippen LogP contribution in [0.1, 0.15) is 22.3 Å². The summed E-state index contributed by atoms with van der Waals surface area (Å²) >= 11 is 0. The molecule has 2 saturated heterocycles. The molecule has 1 N–H and O–H groups in total. The quantitative estimate of drug-likeness (QED) is 0.844. The maximum absolute atomic E-state index is 12.1. The van der Waals surface area contributed by atoms with E-state index in [1.165, 1.54) is 0 Å². The number of carbonyl (C=O) groups excluding carboxylic acids is 1. The zero-order chi connectivity index (χ0) is 17.0. The minimum Gasteiger partial charge on any atom is -0.381 e. The van der Waals surface area contributed by atoms with Crippen molar-refractivity contribution in [2.75, 3.05) is 44.4 Å². The number of carbonyl (C=O) groups is 1. The third-order valence-corrected chi connectivity index (χ3v) is 6.24. The molecule has 1 atom stereocenters. The SMILES string of the molecule is O=C(NCC1CCOC1)c1ccc(CN2CCS(=O)(=O)CC2)cc1. The Morgan fingerprint density at radius 3 is 2.54 bits per heavy atom. The standard InChI is InChI=1S/C17H24N2O4S/c20-17(18-11-15-5-8-23-13-15)16-3-1-14(2-4-16)12-19-6-9-24(21,22)10-7-19/h1-4,15H,5-13H2,(H,18,20). The van der Waals surface area contributed by atoms with Crippen molar-refractivity contribution in [1.82, 2.24) is 10.2 Å². The highest BCUT2D eigenvalue weighted by atomic mass is 32.2. The molecule has 3 rings (SSSR count). The molecule has 24 heavy (non-hydrogen) atoms. The van der Waals surface area contributed by atoms with Gasteiger partial charge in [0.2, 0.25) is 0 Å². The number of amides is 1. The molecule has 0 bridgehead atoms. The average molecular weight is 352 g/mol. The van der Waals surface area contributed by atoms with E-state index in [0.717, 1.165) is 31.7 Å². The molecule has 1 amide bonds. The van der Waals surface area contributed by atoms with Gasteiger partial charge in [-0.05, 0) is 24.1 Å². The Morgan fingerprint density at radius 2 is 1.92 bits per heavy atom. The summed E-state index contributed by atoms with van der Waals surface area (Å²) in [5, 5.41) is 2.95. The van der Waals surface area contributed by atoms with Crippen LogP contribution < -0.4 is 5.32 Å². The molecule has 7 heteroatoms. The summed E-state index contributed by atoms with van der Waals surface area (Å²) in [6, 6.07) is 7.54. The van der Waals surface area contributed by atoms with E-state index in [4.69, 9.17) is 4.74 Å². The molecule has 0 aromatic heterocycles. The van der Waals surface area contributed by atoms with Crippen LogP contribution in [-0.2, 0) is 21.1 Å². The lowest BCUT2D eigenvalue weighted by Gasteiger charge is -2.26. The fourth-order valence-electron chi connectivity index (χ4n) is 3.01. The zero-order valence-electron chi connectivity index (χ0n) is 13.7. The van der Waals surface area contributed by atoms with Crippen LogP contribution in [0.2, 0.25) is 0 Å². The number of hydrogen-bond acceptors (Lipinski definition) is 5. The Labute approximate surface area is 143 Å². The number of nitrogens with one attached hydrogen (secondary N) is 1. The minimum atomic E-state index is -2.84. The highest BCUT2D eigenvalue weighted by Crippen LogP contribution is 2.13. The maximum atomic E-state index is 12.1. The van der Waals surface area contributed by atoms with E-state index in [1.807, 2.05) is 24.3 Å². The summed E-state index contributed by atoms with van der Waals surface area (Å²) in [5.41, 5.74) is 1.74. The fourth-order valence-corrected chi connectivity index (χ4v) is 4.29. The van der Waals surface area contributed by atoms with Gasteiger partial charge in [0.15, 0.2) is 9.84 Å². The summed E-state index contributed by atoms with van der Waals surface area (Å²) in [6.45, 7) is 4.04. The van der Waals surface area contributed by atoms with Crippen molar-refractivity contribution in [1.29, 1.82) is 0 Å². The van der Waals surface area contributed by atoms with Gasteiger partial charge in [0, 0.05) is 44.3 Å². The Morgan fingerprint density at radius 1 is 1.21 bits per heavy atom. The van der Waals surface area contributed by atoms with Crippen LogP contribution in [0.25, 0.3) is 0 Å². The topological polar surface area (TPSA) is 75.7 Å². The molecule has 6 nitrogen and oxygen atoms in total. The van der Waals surface area contributed by atoms with E-state index < -0.39 is 9.84 Å². The summed E-state index contributed by atoms with van der Waals surface area (Å²) in [5.74, 6) is 0.831. The van der Waals surface area contributed by atoms with E-state index in [9.17, 15) is 13.2 Å². The molecule has 0 saturated carbocycles. The normalized spacial score (nSPS) is 23.9. The van der Waals surface area contributed by atoms with Crippen molar-refractivity contribution in [2.24, 2.45) is 5.92 Å². The molecular formula is C17H24N2O4S. The van der Waals surface area contributed by atoms with Crippen LogP contribution >= 0.6 is 0 Å². The first-order chi connectivity index (χ1) is 11.5. The van der Waals surface area contributed by atoms with E-state index >= 15 is 0 Å². The van der Waals surface area contributed by atoms with Gasteiger partial charge < -0.3 is 10.1 Å². The van der Waals surface area contributed by atoms with Crippen LogP contribution in [0.4, 0.5) is 0 Å². The van der Waals surface area contributed by atoms with Crippen molar-refractivity contribution in [3.63, 3.8) is 0 Å². The molecule has 2 aliphatic heterocycles. The van der Waals surface area contributed by atoms with E-state index in [2.05, 4.69) is 10.2 Å². The molecule has 132 valence electrons. The second kappa shape index (κ2) is 7.63. The summed E-state index contributed by atoms with van der Waals surface area (Å²) in [7, 11) is -2.84. The van der Waals surface area contributed by atoms with Gasteiger partial charge in [-0.3, -0.25) is 9.69 Å². The highest BCUT2D eigenvalue weighted by Gasteiger charge is 2.21. The van der Waals surface area contributed by atoms with Gasteiger partial charge in [-0.15, -0.1) is 0 Å². The molecule has 2 fully saturated rings. The van der Waals surface area contributed by atoms with Gasteiger partial charge in [0.1, 0.15) is 0 Å². The fraction of sp³-hybridized carbons (Fsp3) is 0.588. The maximum Gasteiger partial charge on any atom is 0.251 e. The summed E-state index contributed by atoms with van der Waals surface area (Å²) < 4.78 is 28.2. The Balaban J connectivity index is 1.48. The monoisotopic (exact) mass is 352 g/mol. The summed E-state index contributed by atoms with van der Waals surface area (Å²) in [4.78, 5) is 14.3. The molecule has 1 unspecified atom stereocenters. The molecule has 2 heterocycles. The highest BCUT2D eigenvalue weighted by molar-refractivity contribution is 7.91. The van der Waals surface area contributed by atoms with E-state index in [0.29, 0.717) is 31.1 Å². The molecule has 1 aromatic carbocycles. The van der Waals surface area contributed by atoms with Crippen LogP contribution in [0.3, 0.4) is 0 Å². The number of benzene rings is 1. The third-order valence-electron chi connectivity index (χ3n) is 4.63. The Kier molecular flexibility index (Phi) is 5.53. The van der Waals surface area contributed by atoms with Gasteiger partial charge in [-0.2, -0.15) is 0 Å². The van der Waals surface area contributed by atoms with E-state index in [1.54, 1.807) is 0 Å². The van der Waals surface area contributed by atoms with Crippen LogP contribution in [0.15, 0.2) is 24.3 Å². The molecule has 1 aromatic rings. The van der Waals surface area contributed by atoms with Crippen molar-refractivity contribution >= 4 is 15.7 Å². The second-order valence-corrected chi connectivity index (χ2v) is 8.87. The molecule has 2 aliphatic rings. The van der Waals surface area contributed by atoms with Crippen molar-refractivity contribution in [3.05, 3.63) is 35.4 Å². The molecule has 0 aliphatic carbocycles. The van der Waals surface area contributed by atoms with Gasteiger partial charge in [-0.25, -0.2) is 8.42 Å². The molecule has 0 radical (unpaired) electrons. The minimum absolute atomic E-state index is 0.0579. The first-order valence-corrected chi connectivity index (χ1v) is 10.2. The zero-order valence-corrected chi connectivity index (χ0v) is 14.6. The van der Waals surface area contributed by atoms with Crippen molar-refractivity contribution in [2.45, 2.75) is 13.0 Å². The predicted octanol–water partition coefficient (Wildman–Crippen LogP) is 0.683. The largest absolute Gasteiger partial charge is 0.381 e.